The first kappa shape index (κ1) is 13.6. The molecule has 0 spiro atoms. The van der Waals surface area contributed by atoms with Gasteiger partial charge >= 0.3 is 5.69 Å². The van der Waals surface area contributed by atoms with Crippen LogP contribution in [-0.2, 0) is 4.79 Å². The molecule has 9 heteroatoms. The average Bonchev–Trinajstić information content (AvgIpc) is 2.27. The van der Waals surface area contributed by atoms with Crippen molar-refractivity contribution in [3.8, 4) is 0 Å². The molecule has 0 aromatic carbocycles. The predicted molar refractivity (Wildman–Crippen MR) is 65.6 cm³/mol. The monoisotopic (exact) mass is 254 g/mol. The molecular formula is C9H14N6O3. The number of nitro groups is 1. The summed E-state index contributed by atoms with van der Waals surface area (Å²) in [6, 6.07) is 2.27. The zero-order chi connectivity index (χ0) is 13.7. The molecule has 1 rings (SSSR count). The largest absolute Gasteiger partial charge is 0.370 e. The fraction of sp³-hybridized carbons (Fsp3) is 0.333. The van der Waals surface area contributed by atoms with Gasteiger partial charge in [0.1, 0.15) is 5.82 Å². The van der Waals surface area contributed by atoms with Gasteiger partial charge in [-0.25, -0.2) is 10.8 Å². The summed E-state index contributed by atoms with van der Waals surface area (Å²) in [6.45, 7) is 1.67. The number of pyridine rings is 1. The van der Waals surface area contributed by atoms with Gasteiger partial charge in [-0.2, -0.15) is 0 Å². The molecule has 0 saturated heterocycles. The van der Waals surface area contributed by atoms with E-state index < -0.39 is 10.8 Å². The molecule has 1 amide bonds. The average molecular weight is 254 g/mol. The van der Waals surface area contributed by atoms with Crippen molar-refractivity contribution >= 4 is 23.2 Å². The number of nitrogens with two attached hydrogens (primary N) is 2. The van der Waals surface area contributed by atoms with E-state index in [1.807, 2.05) is 0 Å². The standard InChI is InChI=1S/C9H14N6O3/c1-5(4-7(10)16)12-9-6(15(17)18)2-3-8(13-9)14-11/h2-3,5H,4,11H2,1H3,(H2,10,16)(H2,12,13,14). The first-order valence-corrected chi connectivity index (χ1v) is 5.11. The molecule has 0 fully saturated rings. The molecule has 0 aliphatic rings. The molecule has 1 aromatic rings. The molecule has 0 radical (unpaired) electrons. The van der Waals surface area contributed by atoms with Crippen LogP contribution in [0.2, 0.25) is 0 Å². The Morgan fingerprint density at radius 1 is 1.61 bits per heavy atom. The van der Waals surface area contributed by atoms with Crippen LogP contribution in [0.25, 0.3) is 0 Å². The van der Waals surface area contributed by atoms with Gasteiger partial charge in [0.25, 0.3) is 0 Å². The third-order valence-corrected chi connectivity index (χ3v) is 2.11. The first-order valence-electron chi connectivity index (χ1n) is 5.11. The molecule has 6 N–H and O–H groups in total. The molecule has 0 aliphatic carbocycles. The fourth-order valence-corrected chi connectivity index (χ4v) is 1.37. The second-order valence-electron chi connectivity index (χ2n) is 3.68. The number of hydrazine groups is 1. The van der Waals surface area contributed by atoms with Crippen molar-refractivity contribution in [2.75, 3.05) is 10.7 Å². The number of rotatable bonds is 6. The number of hydrogen-bond donors (Lipinski definition) is 4. The Balaban J connectivity index is 2.96. The van der Waals surface area contributed by atoms with E-state index in [0.29, 0.717) is 0 Å². The maximum absolute atomic E-state index is 10.8. The molecule has 1 unspecified atom stereocenters. The van der Waals surface area contributed by atoms with Crippen LogP contribution in [0, 0.1) is 10.1 Å². The van der Waals surface area contributed by atoms with Crippen LogP contribution in [-0.4, -0.2) is 21.9 Å². The number of amides is 1. The van der Waals surface area contributed by atoms with Gasteiger partial charge in [0, 0.05) is 18.5 Å². The minimum absolute atomic E-state index is 0.0317. The van der Waals surface area contributed by atoms with Crippen molar-refractivity contribution in [3.63, 3.8) is 0 Å². The molecule has 1 heterocycles. The summed E-state index contributed by atoms with van der Waals surface area (Å²) in [5.74, 6) is 4.97. The molecule has 0 saturated carbocycles. The van der Waals surface area contributed by atoms with Crippen molar-refractivity contribution in [2.24, 2.45) is 11.6 Å². The number of primary amides is 1. The van der Waals surface area contributed by atoms with Gasteiger partial charge in [-0.1, -0.05) is 0 Å². The Bertz CT molecular complexity index is 464. The second-order valence-corrected chi connectivity index (χ2v) is 3.68. The van der Waals surface area contributed by atoms with Gasteiger partial charge in [-0.05, 0) is 13.0 Å². The number of anilines is 2. The maximum atomic E-state index is 10.8. The number of nitrogens with zero attached hydrogens (tertiary/aromatic N) is 2. The van der Waals surface area contributed by atoms with E-state index in [2.05, 4.69) is 15.7 Å². The molecule has 1 atom stereocenters. The lowest BCUT2D eigenvalue weighted by molar-refractivity contribution is -0.384. The lowest BCUT2D eigenvalue weighted by Crippen LogP contribution is -2.25. The van der Waals surface area contributed by atoms with Gasteiger partial charge < -0.3 is 16.5 Å². The van der Waals surface area contributed by atoms with Crippen LogP contribution >= 0.6 is 0 Å². The number of nitrogen functional groups attached to an aromatic ring is 1. The van der Waals surface area contributed by atoms with E-state index in [-0.39, 0.29) is 29.8 Å². The van der Waals surface area contributed by atoms with Gasteiger partial charge in [-0.3, -0.25) is 14.9 Å². The van der Waals surface area contributed by atoms with E-state index >= 15 is 0 Å². The number of nitrogens with one attached hydrogen (secondary N) is 2. The van der Waals surface area contributed by atoms with E-state index in [9.17, 15) is 14.9 Å². The zero-order valence-corrected chi connectivity index (χ0v) is 9.71. The topological polar surface area (TPSA) is 149 Å². The van der Waals surface area contributed by atoms with Crippen molar-refractivity contribution < 1.29 is 9.72 Å². The molecule has 18 heavy (non-hydrogen) atoms. The Labute approximate surface area is 103 Å². The highest BCUT2D eigenvalue weighted by Gasteiger charge is 2.18. The number of hydrogen-bond acceptors (Lipinski definition) is 7. The van der Waals surface area contributed by atoms with Crippen LogP contribution in [0.1, 0.15) is 13.3 Å². The summed E-state index contributed by atoms with van der Waals surface area (Å²) in [6.07, 6.45) is 0.0408. The van der Waals surface area contributed by atoms with Gasteiger partial charge in [0.15, 0.2) is 0 Å². The lowest BCUT2D eigenvalue weighted by Gasteiger charge is -2.13. The molecule has 0 bridgehead atoms. The van der Waals surface area contributed by atoms with Crippen molar-refractivity contribution in [1.82, 2.24) is 4.98 Å². The third-order valence-electron chi connectivity index (χ3n) is 2.11. The highest BCUT2D eigenvalue weighted by molar-refractivity contribution is 5.75. The summed E-state index contributed by atoms with van der Waals surface area (Å²) in [5, 5.41) is 13.6. The number of carbonyl (C=O) groups is 1. The Morgan fingerprint density at radius 2 is 2.28 bits per heavy atom. The van der Waals surface area contributed by atoms with E-state index in [1.165, 1.54) is 12.1 Å². The third kappa shape index (κ3) is 3.56. The van der Waals surface area contributed by atoms with Crippen LogP contribution < -0.4 is 22.3 Å². The van der Waals surface area contributed by atoms with E-state index in [0.717, 1.165) is 0 Å². The van der Waals surface area contributed by atoms with Crippen molar-refractivity contribution in [2.45, 2.75) is 19.4 Å². The summed E-state index contributed by atoms with van der Waals surface area (Å²) in [4.78, 5) is 24.9. The molecular weight excluding hydrogens is 240 g/mol. The summed E-state index contributed by atoms with van der Waals surface area (Å²) in [7, 11) is 0. The Morgan fingerprint density at radius 3 is 2.78 bits per heavy atom. The Hall–Kier alpha value is -2.42. The molecule has 9 nitrogen and oxygen atoms in total. The van der Waals surface area contributed by atoms with Gasteiger partial charge in [0.2, 0.25) is 11.7 Å². The smallest absolute Gasteiger partial charge is 0.311 e. The maximum Gasteiger partial charge on any atom is 0.311 e. The normalized spacial score (nSPS) is 11.7. The van der Waals surface area contributed by atoms with Gasteiger partial charge in [0.05, 0.1) is 4.92 Å². The van der Waals surface area contributed by atoms with Crippen molar-refractivity contribution in [3.05, 3.63) is 22.2 Å². The minimum atomic E-state index is -0.577. The fourth-order valence-electron chi connectivity index (χ4n) is 1.37. The van der Waals surface area contributed by atoms with Gasteiger partial charge in [-0.15, -0.1) is 0 Å². The van der Waals surface area contributed by atoms with E-state index in [4.69, 9.17) is 11.6 Å². The summed E-state index contributed by atoms with van der Waals surface area (Å²) >= 11 is 0. The predicted octanol–water partition coefficient (Wildman–Crippen LogP) is -0.0488. The quantitative estimate of drug-likeness (QED) is 0.316. The zero-order valence-electron chi connectivity index (χ0n) is 9.71. The summed E-state index contributed by atoms with van der Waals surface area (Å²) in [5.41, 5.74) is 7.11. The van der Waals surface area contributed by atoms with Crippen LogP contribution in [0.4, 0.5) is 17.3 Å². The number of aromatic nitrogens is 1. The summed E-state index contributed by atoms with van der Waals surface area (Å²) < 4.78 is 0. The number of carbonyl (C=O) groups excluding carboxylic acids is 1. The highest BCUT2D eigenvalue weighted by Crippen LogP contribution is 2.24. The molecule has 1 aromatic heterocycles. The Kier molecular flexibility index (Phi) is 4.38. The first-order chi connectivity index (χ1) is 8.43. The van der Waals surface area contributed by atoms with Crippen LogP contribution in [0.3, 0.4) is 0 Å². The lowest BCUT2D eigenvalue weighted by atomic mass is 10.2. The van der Waals surface area contributed by atoms with Crippen LogP contribution in [0.5, 0.6) is 0 Å². The minimum Gasteiger partial charge on any atom is -0.370 e. The van der Waals surface area contributed by atoms with E-state index in [1.54, 1.807) is 6.92 Å². The molecule has 98 valence electrons. The van der Waals surface area contributed by atoms with Crippen LogP contribution in [0.15, 0.2) is 12.1 Å². The highest BCUT2D eigenvalue weighted by atomic mass is 16.6. The molecule has 0 aliphatic heterocycles. The SMILES string of the molecule is CC(CC(N)=O)Nc1nc(NN)ccc1[N+](=O)[O-]. The van der Waals surface area contributed by atoms with Crippen molar-refractivity contribution in [1.29, 1.82) is 0 Å². The second kappa shape index (κ2) is 5.77.